The number of rotatable bonds is 5. The second-order valence-electron chi connectivity index (χ2n) is 5.85. The van der Waals surface area contributed by atoms with Gasteiger partial charge in [0.15, 0.2) is 0 Å². The fraction of sp³-hybridized carbons (Fsp3) is 0.667. The van der Waals surface area contributed by atoms with Crippen molar-refractivity contribution >= 4 is 11.8 Å². The predicted molar refractivity (Wildman–Crippen MR) is 83.1 cm³/mol. The molecule has 0 spiro atoms. The molecule has 22 heavy (non-hydrogen) atoms. The highest BCUT2D eigenvalue weighted by atomic mass is 16.2. The maximum Gasteiger partial charge on any atom is 0.239 e. The highest BCUT2D eigenvalue weighted by Crippen LogP contribution is 2.05. The van der Waals surface area contributed by atoms with Gasteiger partial charge in [-0.15, -0.1) is 0 Å². The van der Waals surface area contributed by atoms with Gasteiger partial charge >= 0.3 is 0 Å². The zero-order valence-electron chi connectivity index (χ0n) is 13.5. The Labute approximate surface area is 131 Å². The van der Waals surface area contributed by atoms with Crippen LogP contribution in [0.4, 0.5) is 0 Å². The van der Waals surface area contributed by atoms with Crippen LogP contribution in [0.2, 0.25) is 0 Å². The van der Waals surface area contributed by atoms with E-state index in [1.54, 1.807) is 18.0 Å². The van der Waals surface area contributed by atoms with E-state index >= 15 is 0 Å². The van der Waals surface area contributed by atoms with E-state index in [2.05, 4.69) is 10.4 Å². The van der Waals surface area contributed by atoms with Gasteiger partial charge in [-0.3, -0.25) is 14.3 Å². The van der Waals surface area contributed by atoms with Gasteiger partial charge < -0.3 is 15.1 Å². The normalized spacial score (nSPS) is 18.1. The first-order valence-electron chi connectivity index (χ1n) is 7.75. The summed E-state index contributed by atoms with van der Waals surface area (Å²) in [6, 6.07) is 1.79. The highest BCUT2D eigenvalue weighted by Gasteiger charge is 2.26. The number of nitrogens with zero attached hydrogens (tertiary/aromatic N) is 4. The third kappa shape index (κ3) is 4.30. The van der Waals surface area contributed by atoms with E-state index < -0.39 is 0 Å². The monoisotopic (exact) mass is 307 g/mol. The van der Waals surface area contributed by atoms with Gasteiger partial charge in [0.25, 0.3) is 0 Å². The molecule has 0 bridgehead atoms. The van der Waals surface area contributed by atoms with Gasteiger partial charge in [-0.2, -0.15) is 5.10 Å². The Bertz CT molecular complexity index is 494. The van der Waals surface area contributed by atoms with Crippen LogP contribution in [0, 0.1) is 0 Å². The second kappa shape index (κ2) is 7.40. The lowest BCUT2D eigenvalue weighted by Crippen LogP contribution is -2.55. The lowest BCUT2D eigenvalue weighted by atomic mass is 10.2. The fourth-order valence-electron chi connectivity index (χ4n) is 2.76. The van der Waals surface area contributed by atoms with Crippen molar-refractivity contribution < 1.29 is 9.59 Å². The molecule has 1 aromatic rings. The zero-order chi connectivity index (χ0) is 16.1. The molecule has 1 aliphatic heterocycles. The number of carbonyl (C=O) groups excluding carboxylic acids is 2. The average molecular weight is 307 g/mol. The maximum absolute atomic E-state index is 12.5. The van der Waals surface area contributed by atoms with Crippen LogP contribution in [0.5, 0.6) is 0 Å². The van der Waals surface area contributed by atoms with Crippen LogP contribution in [-0.2, 0) is 16.1 Å². The van der Waals surface area contributed by atoms with E-state index in [0.29, 0.717) is 26.2 Å². The molecular weight excluding hydrogens is 282 g/mol. The molecule has 2 unspecified atom stereocenters. The van der Waals surface area contributed by atoms with Gasteiger partial charge in [0.05, 0.1) is 12.6 Å². The fourth-order valence-corrected chi connectivity index (χ4v) is 2.76. The smallest absolute Gasteiger partial charge is 0.239 e. The minimum atomic E-state index is -0.241. The van der Waals surface area contributed by atoms with Gasteiger partial charge in [-0.05, 0) is 19.9 Å². The summed E-state index contributed by atoms with van der Waals surface area (Å²) < 4.78 is 1.85. The summed E-state index contributed by atoms with van der Waals surface area (Å²) in [5.41, 5.74) is 0. The zero-order valence-corrected chi connectivity index (χ0v) is 13.5. The van der Waals surface area contributed by atoms with Crippen LogP contribution < -0.4 is 5.32 Å². The lowest BCUT2D eigenvalue weighted by molar-refractivity contribution is -0.139. The molecule has 1 fully saturated rings. The topological polar surface area (TPSA) is 70.5 Å². The predicted octanol–water partition coefficient (Wildman–Crippen LogP) is -0.0596. The van der Waals surface area contributed by atoms with Gasteiger partial charge in [0.1, 0.15) is 0 Å². The molecule has 7 nitrogen and oxygen atoms in total. The standard InChI is InChI=1S/C15H25N5O2/c1-12(11-20-6-4-5-16-20)17-13(2)15(22)19-9-7-18(8-10-19)14(3)21/h4-6,12-13,17H,7-11H2,1-3H3. The Morgan fingerprint density at radius 1 is 1.18 bits per heavy atom. The number of nitrogens with one attached hydrogen (secondary N) is 1. The minimum Gasteiger partial charge on any atom is -0.339 e. The Kier molecular flexibility index (Phi) is 5.54. The molecule has 2 rings (SSSR count). The minimum absolute atomic E-state index is 0.0751. The van der Waals surface area contributed by atoms with Crippen LogP contribution in [-0.4, -0.2) is 69.7 Å². The molecule has 0 saturated carbocycles. The summed E-state index contributed by atoms with van der Waals surface area (Å²) in [6.07, 6.45) is 3.65. The highest BCUT2D eigenvalue weighted by molar-refractivity contribution is 5.82. The molecule has 2 heterocycles. The average Bonchev–Trinajstić information content (AvgIpc) is 2.99. The van der Waals surface area contributed by atoms with E-state index in [4.69, 9.17) is 0 Å². The largest absolute Gasteiger partial charge is 0.339 e. The quantitative estimate of drug-likeness (QED) is 0.827. The van der Waals surface area contributed by atoms with Gasteiger partial charge in [-0.25, -0.2) is 0 Å². The number of carbonyl (C=O) groups is 2. The van der Waals surface area contributed by atoms with Gasteiger partial charge in [-0.1, -0.05) is 0 Å². The Morgan fingerprint density at radius 3 is 2.36 bits per heavy atom. The molecular formula is C15H25N5O2. The first kappa shape index (κ1) is 16.5. The van der Waals surface area contributed by atoms with Crippen LogP contribution in [0.1, 0.15) is 20.8 Å². The van der Waals surface area contributed by atoms with Crippen molar-refractivity contribution in [1.82, 2.24) is 24.9 Å². The Morgan fingerprint density at radius 2 is 1.82 bits per heavy atom. The molecule has 7 heteroatoms. The SMILES string of the molecule is CC(=O)N1CCN(C(=O)C(C)NC(C)Cn2cccn2)CC1. The molecule has 1 aliphatic rings. The van der Waals surface area contributed by atoms with E-state index in [0.717, 1.165) is 6.54 Å². The van der Waals surface area contributed by atoms with Crippen molar-refractivity contribution in [2.45, 2.75) is 39.4 Å². The number of hydrogen-bond acceptors (Lipinski definition) is 4. The summed E-state index contributed by atoms with van der Waals surface area (Å²) in [5.74, 6) is 0.168. The van der Waals surface area contributed by atoms with Crippen molar-refractivity contribution in [3.63, 3.8) is 0 Å². The maximum atomic E-state index is 12.5. The summed E-state index contributed by atoms with van der Waals surface area (Å²) in [4.78, 5) is 27.4. The first-order chi connectivity index (χ1) is 10.5. The van der Waals surface area contributed by atoms with E-state index in [-0.39, 0.29) is 23.9 Å². The summed E-state index contributed by atoms with van der Waals surface area (Å²) in [5, 5.41) is 7.48. The molecule has 0 aromatic carbocycles. The molecule has 1 aromatic heterocycles. The lowest BCUT2D eigenvalue weighted by Gasteiger charge is -2.36. The van der Waals surface area contributed by atoms with Crippen molar-refractivity contribution in [3.8, 4) is 0 Å². The van der Waals surface area contributed by atoms with Crippen LogP contribution in [0.3, 0.4) is 0 Å². The number of piperazine rings is 1. The molecule has 0 radical (unpaired) electrons. The molecule has 1 saturated heterocycles. The number of aromatic nitrogens is 2. The summed E-state index contributed by atoms with van der Waals surface area (Å²) >= 11 is 0. The number of hydrogen-bond donors (Lipinski definition) is 1. The third-order valence-electron chi connectivity index (χ3n) is 3.96. The van der Waals surface area contributed by atoms with E-state index in [1.165, 1.54) is 0 Å². The first-order valence-corrected chi connectivity index (χ1v) is 7.75. The molecule has 2 atom stereocenters. The third-order valence-corrected chi connectivity index (χ3v) is 3.96. The second-order valence-corrected chi connectivity index (χ2v) is 5.85. The van der Waals surface area contributed by atoms with Crippen molar-refractivity contribution in [3.05, 3.63) is 18.5 Å². The molecule has 2 amide bonds. The molecule has 122 valence electrons. The van der Waals surface area contributed by atoms with Gasteiger partial charge in [0.2, 0.25) is 11.8 Å². The summed E-state index contributed by atoms with van der Waals surface area (Å²) in [7, 11) is 0. The Balaban J connectivity index is 1.78. The van der Waals surface area contributed by atoms with Crippen LogP contribution >= 0.6 is 0 Å². The van der Waals surface area contributed by atoms with Crippen molar-refractivity contribution in [2.24, 2.45) is 0 Å². The van der Waals surface area contributed by atoms with Crippen molar-refractivity contribution in [2.75, 3.05) is 26.2 Å². The Hall–Kier alpha value is -1.89. The summed E-state index contributed by atoms with van der Waals surface area (Å²) in [6.45, 7) is 8.68. The van der Waals surface area contributed by atoms with Crippen molar-refractivity contribution in [1.29, 1.82) is 0 Å². The molecule has 0 aliphatic carbocycles. The van der Waals surface area contributed by atoms with Gasteiger partial charge in [0, 0.05) is 51.5 Å². The van der Waals surface area contributed by atoms with Crippen LogP contribution in [0.15, 0.2) is 18.5 Å². The molecule has 1 N–H and O–H groups in total. The van der Waals surface area contributed by atoms with E-state index in [9.17, 15) is 9.59 Å². The van der Waals surface area contributed by atoms with E-state index in [1.807, 2.05) is 35.7 Å². The van der Waals surface area contributed by atoms with Crippen LogP contribution in [0.25, 0.3) is 0 Å². The number of amides is 2.